The topological polar surface area (TPSA) is 73.5 Å². The van der Waals surface area contributed by atoms with Crippen LogP contribution in [0.2, 0.25) is 0 Å². The molecule has 0 aromatic heterocycles. The number of hydrogen-bond acceptors (Lipinski definition) is 5. The van der Waals surface area contributed by atoms with Crippen LogP contribution in [0.3, 0.4) is 0 Å². The highest BCUT2D eigenvalue weighted by Gasteiger charge is 2.22. The van der Waals surface area contributed by atoms with Crippen molar-refractivity contribution in [1.29, 1.82) is 0 Å². The Bertz CT molecular complexity index is 770. The van der Waals surface area contributed by atoms with Gasteiger partial charge in [0.25, 0.3) is 5.91 Å². The van der Waals surface area contributed by atoms with Crippen LogP contribution in [0.1, 0.15) is 43.0 Å². The van der Waals surface area contributed by atoms with Gasteiger partial charge in [-0.2, -0.15) is 0 Å². The van der Waals surface area contributed by atoms with Crippen LogP contribution >= 0.6 is 0 Å². The van der Waals surface area contributed by atoms with Gasteiger partial charge >= 0.3 is 0 Å². The number of amides is 1. The van der Waals surface area contributed by atoms with Crippen LogP contribution in [-0.4, -0.2) is 57.4 Å². The number of rotatable bonds is 12. The van der Waals surface area contributed by atoms with Gasteiger partial charge in [-0.25, -0.2) is 8.78 Å². The van der Waals surface area contributed by atoms with Gasteiger partial charge in [-0.3, -0.25) is 9.59 Å². The van der Waals surface area contributed by atoms with Crippen molar-refractivity contribution in [3.63, 3.8) is 0 Å². The average molecular weight is 451 g/mol. The summed E-state index contributed by atoms with van der Waals surface area (Å²) in [7, 11) is 5.85. The fraction of sp³-hybridized carbons (Fsp3) is 0.500. The molecule has 0 radical (unpaired) electrons. The molecule has 0 bridgehead atoms. The molecule has 32 heavy (non-hydrogen) atoms. The molecule has 2 rings (SSSR count). The first-order valence-electron chi connectivity index (χ1n) is 10.9. The molecule has 1 aromatic rings. The van der Waals surface area contributed by atoms with E-state index in [2.05, 4.69) is 48.4 Å². The molecular weight excluding hydrogens is 414 g/mol. The number of nitrogens with one attached hydrogen (secondary N) is 3. The number of nitrogens with zero attached hydrogens (tertiary/aromatic N) is 1. The van der Waals surface area contributed by atoms with E-state index in [4.69, 9.17) is 0 Å². The minimum Gasteiger partial charge on any atom is -0.392 e. The summed E-state index contributed by atoms with van der Waals surface area (Å²) in [4.78, 5) is 24.9. The van der Waals surface area contributed by atoms with Crippen LogP contribution in [0, 0.1) is 17.6 Å². The minimum absolute atomic E-state index is 0.0283. The molecule has 8 heteroatoms. The number of hydrogen-bond donors (Lipinski definition) is 3. The first kappa shape index (κ1) is 27.5. The third-order valence-corrected chi connectivity index (χ3v) is 5.24. The van der Waals surface area contributed by atoms with Gasteiger partial charge in [-0.1, -0.05) is 19.6 Å². The van der Waals surface area contributed by atoms with E-state index in [-0.39, 0.29) is 11.3 Å². The highest BCUT2D eigenvalue weighted by atomic mass is 19.1. The van der Waals surface area contributed by atoms with Gasteiger partial charge in [0.05, 0.1) is 5.70 Å². The molecule has 1 fully saturated rings. The summed E-state index contributed by atoms with van der Waals surface area (Å²) in [5.41, 5.74) is -0.715. The summed E-state index contributed by atoms with van der Waals surface area (Å²) in [6.07, 6.45) is 7.17. The zero-order valence-electron chi connectivity index (χ0n) is 19.5. The van der Waals surface area contributed by atoms with Crippen LogP contribution in [0.25, 0.3) is 0 Å². The van der Waals surface area contributed by atoms with Crippen molar-refractivity contribution in [2.24, 2.45) is 5.92 Å². The Labute approximate surface area is 190 Å². The maximum atomic E-state index is 13.4. The van der Waals surface area contributed by atoms with E-state index in [0.717, 1.165) is 24.1 Å². The molecule has 1 aromatic carbocycles. The second-order valence-corrected chi connectivity index (χ2v) is 7.93. The van der Waals surface area contributed by atoms with Gasteiger partial charge in [0, 0.05) is 31.4 Å². The molecule has 1 amide bonds. The van der Waals surface area contributed by atoms with Crippen molar-refractivity contribution in [2.75, 3.05) is 34.2 Å². The molecular formula is C24H36F2N4O2. The lowest BCUT2D eigenvalue weighted by molar-refractivity contribution is -0.104. The van der Waals surface area contributed by atoms with Crippen molar-refractivity contribution in [3.8, 4) is 0 Å². The van der Waals surface area contributed by atoms with Crippen molar-refractivity contribution in [3.05, 3.63) is 59.4 Å². The SMILES string of the molecule is C=C(C=O)/C(=C\NC)NC(=O)c1c(F)cccc1F.CCC(CCN(C)CC1CC1)NC. The fourth-order valence-corrected chi connectivity index (χ4v) is 3.08. The predicted octanol–water partition coefficient (Wildman–Crippen LogP) is 3.23. The molecule has 1 saturated carbocycles. The lowest BCUT2D eigenvalue weighted by atomic mass is 10.1. The van der Waals surface area contributed by atoms with Crippen LogP contribution in [-0.2, 0) is 4.79 Å². The van der Waals surface area contributed by atoms with E-state index in [9.17, 15) is 18.4 Å². The van der Waals surface area contributed by atoms with Crippen LogP contribution < -0.4 is 16.0 Å². The quantitative estimate of drug-likeness (QED) is 0.259. The third kappa shape index (κ3) is 9.70. The Hall–Kier alpha value is -2.58. The molecule has 1 aliphatic rings. The molecule has 1 atom stereocenters. The largest absolute Gasteiger partial charge is 0.392 e. The van der Waals surface area contributed by atoms with Crippen molar-refractivity contribution in [1.82, 2.24) is 20.9 Å². The van der Waals surface area contributed by atoms with Crippen molar-refractivity contribution in [2.45, 2.75) is 38.6 Å². The molecule has 3 N–H and O–H groups in total. The Morgan fingerprint density at radius 2 is 1.91 bits per heavy atom. The molecule has 1 unspecified atom stereocenters. The van der Waals surface area contributed by atoms with Gasteiger partial charge in [-0.05, 0) is 64.4 Å². The van der Waals surface area contributed by atoms with E-state index < -0.39 is 23.1 Å². The van der Waals surface area contributed by atoms with Gasteiger partial charge in [0.2, 0.25) is 0 Å². The third-order valence-electron chi connectivity index (χ3n) is 5.24. The fourth-order valence-electron chi connectivity index (χ4n) is 3.08. The smallest absolute Gasteiger partial charge is 0.261 e. The lowest BCUT2D eigenvalue weighted by Gasteiger charge is -2.20. The van der Waals surface area contributed by atoms with E-state index in [1.54, 1.807) is 0 Å². The lowest BCUT2D eigenvalue weighted by Crippen LogP contribution is -2.31. The number of halogens is 2. The first-order chi connectivity index (χ1) is 15.3. The Morgan fingerprint density at radius 3 is 2.38 bits per heavy atom. The van der Waals surface area contributed by atoms with E-state index in [1.165, 1.54) is 52.0 Å². The molecule has 0 spiro atoms. The summed E-state index contributed by atoms with van der Waals surface area (Å²) in [6.45, 7) is 8.22. The normalized spacial score (nSPS) is 14.3. The number of allylic oxidation sites excluding steroid dienone is 1. The molecule has 1 aliphatic carbocycles. The highest BCUT2D eigenvalue weighted by molar-refractivity contribution is 5.97. The van der Waals surface area contributed by atoms with Gasteiger partial charge in [0.1, 0.15) is 17.2 Å². The molecule has 0 heterocycles. The van der Waals surface area contributed by atoms with Crippen LogP contribution in [0.5, 0.6) is 0 Å². The highest BCUT2D eigenvalue weighted by Crippen LogP contribution is 2.29. The summed E-state index contributed by atoms with van der Waals surface area (Å²) in [5, 5.41) is 8.15. The van der Waals surface area contributed by atoms with Gasteiger partial charge < -0.3 is 20.9 Å². The second-order valence-electron chi connectivity index (χ2n) is 7.93. The standard InChI is InChI=1S/C13H12F2N2O2.C11H24N2/c1-8(7-18)11(6-16-2)17-13(19)12-9(14)4-3-5-10(12)15;1-4-11(12-2)7-8-13(3)9-10-5-6-10/h3-7,16H,1H2,2H3,(H,17,19);10-12H,4-9H2,1-3H3/b11-6+;. The maximum Gasteiger partial charge on any atom is 0.261 e. The molecule has 178 valence electrons. The number of benzene rings is 1. The zero-order chi connectivity index (χ0) is 24.1. The Kier molecular flexibility index (Phi) is 12.4. The monoisotopic (exact) mass is 450 g/mol. The molecule has 0 saturated heterocycles. The minimum atomic E-state index is -1.000. The second kappa shape index (κ2) is 14.5. The zero-order valence-corrected chi connectivity index (χ0v) is 19.5. The number of carbonyl (C=O) groups excluding carboxylic acids is 2. The van der Waals surface area contributed by atoms with Crippen molar-refractivity contribution >= 4 is 12.2 Å². The summed E-state index contributed by atoms with van der Waals surface area (Å²) < 4.78 is 26.8. The van der Waals surface area contributed by atoms with E-state index >= 15 is 0 Å². The number of aldehydes is 1. The first-order valence-corrected chi connectivity index (χ1v) is 10.9. The summed E-state index contributed by atoms with van der Waals surface area (Å²) in [5.74, 6) is -1.95. The Morgan fingerprint density at radius 1 is 1.28 bits per heavy atom. The summed E-state index contributed by atoms with van der Waals surface area (Å²) >= 11 is 0. The van der Waals surface area contributed by atoms with Gasteiger partial charge in [0.15, 0.2) is 6.29 Å². The summed E-state index contributed by atoms with van der Waals surface area (Å²) in [6, 6.07) is 3.79. The predicted molar refractivity (Wildman–Crippen MR) is 124 cm³/mol. The maximum absolute atomic E-state index is 13.4. The van der Waals surface area contributed by atoms with Crippen LogP contribution in [0.4, 0.5) is 8.78 Å². The van der Waals surface area contributed by atoms with E-state index in [0.29, 0.717) is 12.3 Å². The van der Waals surface area contributed by atoms with Crippen LogP contribution in [0.15, 0.2) is 42.2 Å². The van der Waals surface area contributed by atoms with E-state index in [1.807, 2.05) is 0 Å². The molecule has 0 aliphatic heterocycles. The molecule has 6 nitrogen and oxygen atoms in total. The van der Waals surface area contributed by atoms with Crippen molar-refractivity contribution < 1.29 is 18.4 Å². The Balaban J connectivity index is 0.000000343. The number of carbonyl (C=O) groups is 2. The van der Waals surface area contributed by atoms with Gasteiger partial charge in [-0.15, -0.1) is 0 Å². The average Bonchev–Trinajstić information content (AvgIpc) is 3.58.